The molecule has 0 fully saturated rings. The number of nitrogens with one attached hydrogen (secondary N) is 2. The van der Waals surface area contributed by atoms with Crippen molar-refractivity contribution in [1.82, 2.24) is 5.32 Å². The summed E-state index contributed by atoms with van der Waals surface area (Å²) in [6, 6.07) is 0. The monoisotopic (exact) mass is 302 g/mol. The summed E-state index contributed by atoms with van der Waals surface area (Å²) in [7, 11) is 3.01. The van der Waals surface area contributed by atoms with Gasteiger partial charge < -0.3 is 28.7 Å². The van der Waals surface area contributed by atoms with E-state index in [1.165, 1.54) is 20.3 Å². The average molecular weight is 303 g/mol. The molecule has 0 rings (SSSR count). The second-order valence-corrected chi connectivity index (χ2v) is 1.78. The van der Waals surface area contributed by atoms with Gasteiger partial charge in [-0.3, -0.25) is 15.7 Å². The number of nitrogens with two attached hydrogens (primary N) is 5. The fourth-order valence-corrected chi connectivity index (χ4v) is 0.252. The van der Waals surface area contributed by atoms with Crippen LogP contribution < -0.4 is 34.0 Å². The highest BCUT2D eigenvalue weighted by Crippen LogP contribution is 1.53. The third-order valence-electron chi connectivity index (χ3n) is 0.683. The van der Waals surface area contributed by atoms with Crippen LogP contribution >= 0.6 is 24.8 Å². The minimum atomic E-state index is -0.201. The molecule has 18 heavy (non-hydrogen) atoms. The third kappa shape index (κ3) is 48.2. The Morgan fingerprint density at radius 2 is 1.56 bits per heavy atom. The van der Waals surface area contributed by atoms with Gasteiger partial charge in [0.2, 0.25) is 12.2 Å². The van der Waals surface area contributed by atoms with Crippen molar-refractivity contribution in [3.8, 4) is 6.19 Å². The molecule has 0 aromatic rings. The number of hydrogen-bond donors (Lipinski definition) is 7. The fraction of sp³-hybridized carbons (Fsp3) is 0.333. The van der Waals surface area contributed by atoms with Crippen LogP contribution in [0.15, 0.2) is 9.98 Å². The largest absolute Gasteiger partial charge is 0.370 e. The molecule has 0 saturated carbocycles. The van der Waals surface area contributed by atoms with E-state index < -0.39 is 0 Å². The van der Waals surface area contributed by atoms with Crippen molar-refractivity contribution in [3.63, 3.8) is 0 Å². The van der Waals surface area contributed by atoms with Crippen LogP contribution in [0.1, 0.15) is 0 Å². The van der Waals surface area contributed by atoms with Crippen LogP contribution in [0.5, 0.6) is 0 Å². The minimum absolute atomic E-state index is 0. The lowest BCUT2D eigenvalue weighted by molar-refractivity contribution is 1.19. The number of nitriles is 1. The molecular formula is C6H20Cl2N10. The second-order valence-electron chi connectivity index (χ2n) is 1.78. The third-order valence-corrected chi connectivity index (χ3v) is 0.683. The lowest BCUT2D eigenvalue weighted by Gasteiger charge is -1.97. The predicted molar refractivity (Wildman–Crippen MR) is 78.6 cm³/mol. The lowest BCUT2D eigenvalue weighted by atomic mass is 10.9. The highest BCUT2D eigenvalue weighted by atomic mass is 35.5. The van der Waals surface area contributed by atoms with Crippen LogP contribution in [0.2, 0.25) is 0 Å². The summed E-state index contributed by atoms with van der Waals surface area (Å²) in [5.74, 6) is -0.247. The highest BCUT2D eigenvalue weighted by Gasteiger charge is 1.86. The Balaban J connectivity index is -0.0000000511. The van der Waals surface area contributed by atoms with Gasteiger partial charge in [0.15, 0.2) is 11.9 Å². The first-order valence-corrected chi connectivity index (χ1v) is 3.82. The molecule has 0 aromatic carbocycles. The molecule has 0 amide bonds. The zero-order valence-corrected chi connectivity index (χ0v) is 11.7. The quantitative estimate of drug-likeness (QED) is 0.146. The van der Waals surface area contributed by atoms with Gasteiger partial charge in [-0.25, -0.2) is 0 Å². The van der Waals surface area contributed by atoms with Gasteiger partial charge >= 0.3 is 0 Å². The maximum absolute atomic E-state index is 7.64. The maximum Gasteiger partial charge on any atom is 0.209 e. The molecule has 0 saturated heterocycles. The Hall–Kier alpha value is -1.96. The highest BCUT2D eigenvalue weighted by molar-refractivity contribution is 5.95. The van der Waals surface area contributed by atoms with Gasteiger partial charge in [0.05, 0.1) is 0 Å². The summed E-state index contributed by atoms with van der Waals surface area (Å²) in [4.78, 5) is 6.39. The smallest absolute Gasteiger partial charge is 0.209 e. The number of halogens is 2. The molecule has 0 unspecified atom stereocenters. The van der Waals surface area contributed by atoms with Crippen molar-refractivity contribution in [2.75, 3.05) is 14.1 Å². The molecule has 12 N–H and O–H groups in total. The topological polar surface area (TPSA) is 214 Å². The molecule has 0 aromatic heterocycles. The van der Waals surface area contributed by atoms with E-state index in [0.717, 1.165) is 0 Å². The second kappa shape index (κ2) is 24.3. The number of aliphatic imine (C=N–C) groups is 2. The lowest BCUT2D eigenvalue weighted by Crippen LogP contribution is -2.40. The molecule has 0 radical (unpaired) electrons. The predicted octanol–water partition coefficient (Wildman–Crippen LogP) is -2.43. The molecule has 0 bridgehead atoms. The summed E-state index contributed by atoms with van der Waals surface area (Å²) in [6.07, 6.45) is 1.41. The van der Waals surface area contributed by atoms with Crippen molar-refractivity contribution in [1.29, 1.82) is 10.7 Å². The van der Waals surface area contributed by atoms with Crippen LogP contribution in [-0.4, -0.2) is 32.0 Å². The van der Waals surface area contributed by atoms with Crippen molar-refractivity contribution < 1.29 is 0 Å². The van der Waals surface area contributed by atoms with E-state index in [1.54, 1.807) is 0 Å². The first-order valence-electron chi connectivity index (χ1n) is 3.82. The van der Waals surface area contributed by atoms with E-state index >= 15 is 0 Å². The van der Waals surface area contributed by atoms with Crippen molar-refractivity contribution in [2.45, 2.75) is 0 Å². The molecular weight excluding hydrogens is 283 g/mol. The first-order chi connectivity index (χ1) is 7.43. The summed E-state index contributed by atoms with van der Waals surface area (Å²) < 4.78 is 0. The number of rotatable bonds is 0. The van der Waals surface area contributed by atoms with Crippen molar-refractivity contribution >= 4 is 42.7 Å². The molecule has 0 aliphatic heterocycles. The fourth-order valence-electron chi connectivity index (χ4n) is 0.252. The van der Waals surface area contributed by atoms with E-state index in [-0.39, 0.29) is 42.7 Å². The Kier molecular flexibility index (Phi) is 40.2. The number of hydrogen-bond acceptors (Lipinski definition) is 5. The van der Waals surface area contributed by atoms with Crippen LogP contribution in [0.3, 0.4) is 0 Å². The van der Waals surface area contributed by atoms with Gasteiger partial charge in [0.25, 0.3) is 0 Å². The summed E-state index contributed by atoms with van der Waals surface area (Å²) in [5, 5.41) is 16.6. The maximum atomic E-state index is 7.64. The molecule has 12 heteroatoms. The molecule has 0 heterocycles. The van der Waals surface area contributed by atoms with Gasteiger partial charge in [0.1, 0.15) is 0 Å². The van der Waals surface area contributed by atoms with E-state index in [9.17, 15) is 0 Å². The molecule has 0 atom stereocenters. The van der Waals surface area contributed by atoms with E-state index in [4.69, 9.17) is 33.6 Å². The Labute approximate surface area is 118 Å². The summed E-state index contributed by atoms with van der Waals surface area (Å²) in [6.45, 7) is 0. The van der Waals surface area contributed by atoms with Gasteiger partial charge in [-0.05, 0) is 7.05 Å². The number of nitrogens with zero attached hydrogens (tertiary/aromatic N) is 3. The van der Waals surface area contributed by atoms with E-state index in [2.05, 4.69) is 21.0 Å². The van der Waals surface area contributed by atoms with Crippen LogP contribution in [0.25, 0.3) is 0 Å². The molecule has 0 aliphatic carbocycles. The first kappa shape index (κ1) is 29.8. The normalized spacial score (nSPS) is 7.11. The van der Waals surface area contributed by atoms with Gasteiger partial charge in [0, 0.05) is 7.05 Å². The Morgan fingerprint density at radius 1 is 1.17 bits per heavy atom. The molecule has 108 valence electrons. The number of guanidine groups is 3. The average Bonchev–Trinajstić information content (AvgIpc) is 2.20. The van der Waals surface area contributed by atoms with Gasteiger partial charge in [-0.2, -0.15) is 5.26 Å². The summed E-state index contributed by atoms with van der Waals surface area (Å²) >= 11 is 0. The van der Waals surface area contributed by atoms with Crippen LogP contribution in [0.4, 0.5) is 0 Å². The van der Waals surface area contributed by atoms with E-state index in [1.807, 2.05) is 0 Å². The van der Waals surface area contributed by atoms with E-state index in [0.29, 0.717) is 0 Å². The molecule has 0 aliphatic rings. The SMILES string of the molecule is CN.CN=C(N)NC(=N)N.Cl.Cl.N#CN=C(N)N. The van der Waals surface area contributed by atoms with Crippen molar-refractivity contribution in [2.24, 2.45) is 38.7 Å². The van der Waals surface area contributed by atoms with Crippen LogP contribution in [-0.2, 0) is 0 Å². The van der Waals surface area contributed by atoms with Gasteiger partial charge in [-0.15, -0.1) is 29.8 Å². The standard InChI is InChI=1S/C3H9N5.C2H4N4.CH5N.2ClH/c1-7-3(6)8-2(4)5;3-1-6-2(4)5;1-2;;/h1H3,(H6,4,5,6,7,8);(H4,4,5,6);2H2,1H3;2*1H. The molecule has 0 spiro atoms. The Bertz CT molecular complexity index is 277. The Morgan fingerprint density at radius 3 is 1.61 bits per heavy atom. The minimum Gasteiger partial charge on any atom is -0.370 e. The zero-order chi connectivity index (χ0) is 13.6. The van der Waals surface area contributed by atoms with Crippen LogP contribution in [0, 0.1) is 16.9 Å². The summed E-state index contributed by atoms with van der Waals surface area (Å²) in [5.41, 5.74) is 23.9. The molecule has 10 nitrogen and oxygen atoms in total. The van der Waals surface area contributed by atoms with Gasteiger partial charge in [-0.1, -0.05) is 0 Å². The van der Waals surface area contributed by atoms with Crippen molar-refractivity contribution in [3.05, 3.63) is 0 Å². The zero-order valence-electron chi connectivity index (χ0n) is 10.0.